The fourth-order valence-corrected chi connectivity index (χ4v) is 7.89. The summed E-state index contributed by atoms with van der Waals surface area (Å²) in [4.78, 5) is 30.7. The van der Waals surface area contributed by atoms with E-state index in [1.54, 1.807) is 0 Å². The zero-order chi connectivity index (χ0) is 32.2. The monoisotopic (exact) mass is 606 g/mol. The van der Waals surface area contributed by atoms with Crippen LogP contribution < -0.4 is 5.73 Å². The number of benzene rings is 2. The first-order valence-electron chi connectivity index (χ1n) is 17.3. The molecule has 6 heteroatoms. The number of aliphatic hydroxyl groups is 2. The summed E-state index contributed by atoms with van der Waals surface area (Å²) in [6.07, 6.45) is 9.04. The lowest BCUT2D eigenvalue weighted by molar-refractivity contribution is -0.175. The molecule has 0 radical (unpaired) electrons. The largest absolute Gasteiger partial charge is 0.388 e. The van der Waals surface area contributed by atoms with Gasteiger partial charge in [0.15, 0.2) is 0 Å². The summed E-state index contributed by atoms with van der Waals surface area (Å²) in [6.45, 7) is 8.24. The Labute approximate surface area is 266 Å². The lowest BCUT2D eigenvalue weighted by Gasteiger charge is -2.53. The second-order valence-electron chi connectivity index (χ2n) is 13.3. The zero-order valence-corrected chi connectivity index (χ0v) is 27.8. The molecular formula is C38H58N2O4. The fourth-order valence-electron chi connectivity index (χ4n) is 7.89. The highest BCUT2D eigenvalue weighted by Crippen LogP contribution is 2.44. The number of hydrogen-bond acceptors (Lipinski definition) is 4. The number of amides is 2. The van der Waals surface area contributed by atoms with Crippen LogP contribution in [0.4, 0.5) is 0 Å². The van der Waals surface area contributed by atoms with Gasteiger partial charge in [-0.05, 0) is 62.5 Å². The van der Waals surface area contributed by atoms with Crippen LogP contribution in [0.15, 0.2) is 60.7 Å². The molecule has 1 saturated carbocycles. The lowest BCUT2D eigenvalue weighted by atomic mass is 9.69. The molecule has 0 heterocycles. The minimum absolute atomic E-state index is 0.317. The van der Waals surface area contributed by atoms with Crippen molar-refractivity contribution >= 4 is 11.8 Å². The SMILES string of the molecule is CCCC(O)(CCC)[C@@H](Cc1ccccc1)N(C(=O)C1(C(N)=O)CCCCC1)[C@H](Cc1ccccc1)C(O)(CCC)CCC. The van der Waals surface area contributed by atoms with E-state index in [0.29, 0.717) is 51.4 Å². The predicted octanol–water partition coefficient (Wildman–Crippen LogP) is 7.14. The average molecular weight is 607 g/mol. The van der Waals surface area contributed by atoms with Crippen LogP contribution in [0.3, 0.4) is 0 Å². The highest BCUT2D eigenvalue weighted by molar-refractivity contribution is 6.04. The Morgan fingerprint density at radius 3 is 1.39 bits per heavy atom. The van der Waals surface area contributed by atoms with E-state index in [1.165, 1.54) is 0 Å². The van der Waals surface area contributed by atoms with Crippen molar-refractivity contribution in [1.29, 1.82) is 0 Å². The molecule has 0 bridgehead atoms. The molecule has 44 heavy (non-hydrogen) atoms. The van der Waals surface area contributed by atoms with Gasteiger partial charge in [0, 0.05) is 0 Å². The third-order valence-corrected chi connectivity index (χ3v) is 10.0. The van der Waals surface area contributed by atoms with Gasteiger partial charge >= 0.3 is 0 Å². The van der Waals surface area contributed by atoms with Crippen molar-refractivity contribution in [2.75, 3.05) is 0 Å². The molecule has 2 aromatic rings. The van der Waals surface area contributed by atoms with Crippen molar-refractivity contribution < 1.29 is 19.8 Å². The van der Waals surface area contributed by atoms with Crippen LogP contribution >= 0.6 is 0 Å². The highest BCUT2D eigenvalue weighted by Gasteiger charge is 2.55. The number of primary amides is 1. The maximum Gasteiger partial charge on any atom is 0.238 e. The van der Waals surface area contributed by atoms with Gasteiger partial charge in [-0.3, -0.25) is 9.59 Å². The van der Waals surface area contributed by atoms with Gasteiger partial charge in [-0.15, -0.1) is 0 Å². The Balaban J connectivity index is 2.39. The molecule has 244 valence electrons. The Kier molecular flexibility index (Phi) is 13.5. The van der Waals surface area contributed by atoms with Gasteiger partial charge in [0.05, 0.1) is 23.3 Å². The number of nitrogens with zero attached hydrogens (tertiary/aromatic N) is 1. The van der Waals surface area contributed by atoms with Crippen molar-refractivity contribution in [3.8, 4) is 0 Å². The van der Waals surface area contributed by atoms with E-state index in [0.717, 1.165) is 56.1 Å². The maximum absolute atomic E-state index is 15.4. The molecular weight excluding hydrogens is 548 g/mol. The van der Waals surface area contributed by atoms with Gasteiger partial charge < -0.3 is 20.8 Å². The molecule has 1 fully saturated rings. The summed E-state index contributed by atoms with van der Waals surface area (Å²) in [6, 6.07) is 18.7. The number of nitrogens with two attached hydrogens (primary N) is 1. The number of rotatable bonds is 18. The first kappa shape index (κ1) is 35.8. The van der Waals surface area contributed by atoms with E-state index in [1.807, 2.05) is 65.6 Å². The molecule has 0 unspecified atom stereocenters. The van der Waals surface area contributed by atoms with Gasteiger partial charge in [-0.2, -0.15) is 0 Å². The van der Waals surface area contributed by atoms with Gasteiger partial charge in [-0.25, -0.2) is 0 Å². The van der Waals surface area contributed by atoms with Crippen LogP contribution in [-0.2, 0) is 22.4 Å². The average Bonchev–Trinajstić information content (AvgIpc) is 3.02. The van der Waals surface area contributed by atoms with Gasteiger partial charge in [0.2, 0.25) is 11.8 Å². The van der Waals surface area contributed by atoms with Gasteiger partial charge in [0.1, 0.15) is 5.41 Å². The second-order valence-corrected chi connectivity index (χ2v) is 13.3. The molecule has 1 aliphatic carbocycles. The first-order valence-corrected chi connectivity index (χ1v) is 17.3. The van der Waals surface area contributed by atoms with E-state index >= 15 is 4.79 Å². The quantitative estimate of drug-likeness (QED) is 0.157. The number of carbonyl (C=O) groups excluding carboxylic acids is 2. The summed E-state index contributed by atoms with van der Waals surface area (Å²) < 4.78 is 0. The van der Waals surface area contributed by atoms with E-state index < -0.39 is 34.6 Å². The standard InChI is InChI=1S/C38H58N2O4/c1-5-22-37(43,23-6-2)32(28-30-18-12-9-13-19-30)40(35(42)36(34(39)41)26-16-11-17-27-36)33(29-31-20-14-10-15-21-31)38(44,24-7-3)25-8-4/h9-10,12-15,18-21,32-33,43-44H,5-8,11,16-17,22-29H2,1-4H3,(H2,39,41)/t32-,33-/m1/s1. The number of hydrogen-bond donors (Lipinski definition) is 3. The van der Waals surface area contributed by atoms with Crippen LogP contribution in [0.1, 0.15) is 122 Å². The summed E-state index contributed by atoms with van der Waals surface area (Å²) in [5.74, 6) is -0.906. The minimum atomic E-state index is -1.36. The van der Waals surface area contributed by atoms with E-state index in [9.17, 15) is 15.0 Å². The second kappa shape index (κ2) is 16.6. The molecule has 0 spiro atoms. The molecule has 0 aromatic heterocycles. The molecule has 0 aliphatic heterocycles. The summed E-state index contributed by atoms with van der Waals surface area (Å²) in [5.41, 5.74) is 4.39. The smallest absolute Gasteiger partial charge is 0.238 e. The van der Waals surface area contributed by atoms with Crippen LogP contribution in [-0.4, -0.2) is 50.2 Å². The Hall–Kier alpha value is -2.70. The minimum Gasteiger partial charge on any atom is -0.388 e. The molecule has 2 aromatic carbocycles. The van der Waals surface area contributed by atoms with Gasteiger partial charge in [-0.1, -0.05) is 133 Å². The van der Waals surface area contributed by atoms with Crippen LogP contribution in [0.2, 0.25) is 0 Å². The highest BCUT2D eigenvalue weighted by atomic mass is 16.3. The van der Waals surface area contributed by atoms with Crippen LogP contribution in [0.5, 0.6) is 0 Å². The molecule has 2 atom stereocenters. The topological polar surface area (TPSA) is 104 Å². The summed E-state index contributed by atoms with van der Waals surface area (Å²) in [5, 5.41) is 25.4. The lowest BCUT2D eigenvalue weighted by Crippen LogP contribution is -2.68. The maximum atomic E-state index is 15.4. The van der Waals surface area contributed by atoms with Crippen molar-refractivity contribution in [1.82, 2.24) is 4.90 Å². The van der Waals surface area contributed by atoms with Crippen LogP contribution in [0, 0.1) is 5.41 Å². The van der Waals surface area contributed by atoms with E-state index in [2.05, 4.69) is 27.7 Å². The Morgan fingerprint density at radius 1 is 0.705 bits per heavy atom. The van der Waals surface area contributed by atoms with E-state index in [4.69, 9.17) is 5.73 Å². The molecule has 3 rings (SSSR count). The summed E-state index contributed by atoms with van der Waals surface area (Å²) in [7, 11) is 0. The first-order chi connectivity index (χ1) is 21.1. The van der Waals surface area contributed by atoms with Crippen molar-refractivity contribution in [3.63, 3.8) is 0 Å². The molecule has 0 saturated heterocycles. The predicted molar refractivity (Wildman–Crippen MR) is 179 cm³/mol. The number of carbonyl (C=O) groups is 2. The normalized spacial score (nSPS) is 16.7. The van der Waals surface area contributed by atoms with Crippen molar-refractivity contribution in [3.05, 3.63) is 71.8 Å². The van der Waals surface area contributed by atoms with Crippen molar-refractivity contribution in [2.24, 2.45) is 11.1 Å². The third-order valence-electron chi connectivity index (χ3n) is 10.0. The van der Waals surface area contributed by atoms with Gasteiger partial charge in [0.25, 0.3) is 0 Å². The Bertz CT molecular complexity index is 1070. The summed E-state index contributed by atoms with van der Waals surface area (Å²) >= 11 is 0. The molecule has 1 aliphatic rings. The zero-order valence-electron chi connectivity index (χ0n) is 27.8. The molecule has 2 amide bonds. The van der Waals surface area contributed by atoms with Crippen molar-refractivity contribution in [2.45, 2.75) is 147 Å². The molecule has 4 N–H and O–H groups in total. The fraction of sp³-hybridized carbons (Fsp3) is 0.632. The Morgan fingerprint density at radius 2 is 1.07 bits per heavy atom. The van der Waals surface area contributed by atoms with Crippen LogP contribution in [0.25, 0.3) is 0 Å². The van der Waals surface area contributed by atoms with E-state index in [-0.39, 0.29) is 5.91 Å². The molecule has 6 nitrogen and oxygen atoms in total. The third kappa shape index (κ3) is 8.31.